The van der Waals surface area contributed by atoms with Gasteiger partial charge in [-0.1, -0.05) is 13.0 Å². The van der Waals surface area contributed by atoms with E-state index in [1.807, 2.05) is 6.92 Å². The minimum atomic E-state index is -4.52. The quantitative estimate of drug-likeness (QED) is 0.832. The Morgan fingerprint density at radius 2 is 1.83 bits per heavy atom. The molecular formula is C12H13F3O2S. The molecule has 1 saturated carbocycles. The normalized spacial score (nSPS) is 24.7. The van der Waals surface area contributed by atoms with Crippen LogP contribution in [0.2, 0.25) is 0 Å². The first-order valence-electron chi connectivity index (χ1n) is 5.62. The van der Waals surface area contributed by atoms with E-state index in [-0.39, 0.29) is 4.90 Å². The fourth-order valence-corrected chi connectivity index (χ4v) is 4.23. The van der Waals surface area contributed by atoms with E-state index in [9.17, 15) is 21.6 Å². The van der Waals surface area contributed by atoms with E-state index in [0.29, 0.717) is 18.8 Å². The molecule has 0 N–H and O–H groups in total. The lowest BCUT2D eigenvalue weighted by molar-refractivity contribution is -0.137. The molecule has 0 atom stereocenters. The molecule has 1 fully saturated rings. The molecule has 2 rings (SSSR count). The van der Waals surface area contributed by atoms with Gasteiger partial charge in [0, 0.05) is 0 Å². The van der Waals surface area contributed by atoms with Crippen LogP contribution in [0.4, 0.5) is 13.2 Å². The van der Waals surface area contributed by atoms with Gasteiger partial charge in [-0.15, -0.1) is 0 Å². The molecule has 1 aliphatic carbocycles. The number of hydrogen-bond donors (Lipinski definition) is 0. The lowest BCUT2D eigenvalue weighted by atomic mass is 9.87. The second-order valence-electron chi connectivity index (χ2n) is 4.77. The van der Waals surface area contributed by atoms with Gasteiger partial charge in [-0.3, -0.25) is 0 Å². The molecular weight excluding hydrogens is 265 g/mol. The Morgan fingerprint density at radius 3 is 2.33 bits per heavy atom. The number of alkyl halides is 3. The van der Waals surface area contributed by atoms with Gasteiger partial charge in [0.1, 0.15) is 0 Å². The molecule has 18 heavy (non-hydrogen) atoms. The Labute approximate surface area is 104 Å². The zero-order chi connectivity index (χ0) is 13.6. The molecule has 0 aliphatic heterocycles. The SMILES string of the molecule is CC1CC(S(=O)(=O)c2cccc(C(F)(F)F)c2)C1. The molecule has 0 spiro atoms. The summed E-state index contributed by atoms with van der Waals surface area (Å²) in [6.45, 7) is 1.93. The Morgan fingerprint density at radius 1 is 1.22 bits per heavy atom. The van der Waals surface area contributed by atoms with E-state index < -0.39 is 26.8 Å². The first-order valence-corrected chi connectivity index (χ1v) is 7.17. The van der Waals surface area contributed by atoms with E-state index in [4.69, 9.17) is 0 Å². The summed E-state index contributed by atoms with van der Waals surface area (Å²) in [7, 11) is -3.62. The zero-order valence-corrected chi connectivity index (χ0v) is 10.6. The summed E-state index contributed by atoms with van der Waals surface area (Å²) in [5.74, 6) is 0.329. The smallest absolute Gasteiger partial charge is 0.223 e. The molecule has 6 heteroatoms. The average molecular weight is 278 g/mol. The third kappa shape index (κ3) is 2.39. The van der Waals surface area contributed by atoms with Crippen molar-refractivity contribution in [1.82, 2.24) is 0 Å². The van der Waals surface area contributed by atoms with Crippen molar-refractivity contribution in [3.05, 3.63) is 29.8 Å². The molecule has 1 aromatic carbocycles. The maximum Gasteiger partial charge on any atom is 0.416 e. The van der Waals surface area contributed by atoms with Crippen LogP contribution in [0.5, 0.6) is 0 Å². The summed E-state index contributed by atoms with van der Waals surface area (Å²) >= 11 is 0. The largest absolute Gasteiger partial charge is 0.416 e. The van der Waals surface area contributed by atoms with Crippen molar-refractivity contribution >= 4 is 9.84 Å². The van der Waals surface area contributed by atoms with Crippen molar-refractivity contribution in [1.29, 1.82) is 0 Å². The summed E-state index contributed by atoms with van der Waals surface area (Å²) < 4.78 is 61.7. The second kappa shape index (κ2) is 4.26. The molecule has 100 valence electrons. The maximum atomic E-state index is 12.5. The Balaban J connectivity index is 2.34. The highest BCUT2D eigenvalue weighted by atomic mass is 32.2. The van der Waals surface area contributed by atoms with Crippen LogP contribution in [0.15, 0.2) is 29.2 Å². The van der Waals surface area contributed by atoms with Crippen LogP contribution >= 0.6 is 0 Å². The number of rotatable bonds is 2. The fourth-order valence-electron chi connectivity index (χ4n) is 2.12. The van der Waals surface area contributed by atoms with E-state index in [1.54, 1.807) is 0 Å². The van der Waals surface area contributed by atoms with Crippen LogP contribution in [-0.2, 0) is 16.0 Å². The van der Waals surface area contributed by atoms with E-state index in [0.717, 1.165) is 18.2 Å². The highest BCUT2D eigenvalue weighted by molar-refractivity contribution is 7.92. The van der Waals surface area contributed by atoms with Crippen molar-refractivity contribution in [3.8, 4) is 0 Å². The van der Waals surface area contributed by atoms with Crippen LogP contribution in [0.1, 0.15) is 25.3 Å². The fraction of sp³-hybridized carbons (Fsp3) is 0.500. The molecule has 0 unspecified atom stereocenters. The monoisotopic (exact) mass is 278 g/mol. The van der Waals surface area contributed by atoms with E-state index in [1.165, 1.54) is 6.07 Å². The first-order chi connectivity index (χ1) is 8.21. The van der Waals surface area contributed by atoms with Gasteiger partial charge < -0.3 is 0 Å². The minimum Gasteiger partial charge on any atom is -0.223 e. The molecule has 2 nitrogen and oxygen atoms in total. The van der Waals surface area contributed by atoms with Crippen molar-refractivity contribution in [2.75, 3.05) is 0 Å². The molecule has 0 saturated heterocycles. The van der Waals surface area contributed by atoms with Crippen LogP contribution in [-0.4, -0.2) is 13.7 Å². The van der Waals surface area contributed by atoms with Crippen LogP contribution in [0.3, 0.4) is 0 Å². The standard InChI is InChI=1S/C12H13F3O2S/c1-8-5-11(6-8)18(16,17)10-4-2-3-9(7-10)12(13,14)15/h2-4,7-8,11H,5-6H2,1H3. The predicted molar refractivity (Wildman–Crippen MR) is 60.8 cm³/mol. The predicted octanol–water partition coefficient (Wildman–Crippen LogP) is 3.28. The van der Waals surface area contributed by atoms with Gasteiger partial charge in [0.05, 0.1) is 15.7 Å². The number of hydrogen-bond acceptors (Lipinski definition) is 2. The summed E-state index contributed by atoms with van der Waals surface area (Å²) in [5, 5.41) is -0.531. The van der Waals surface area contributed by atoms with Gasteiger partial charge in [0.15, 0.2) is 9.84 Å². The van der Waals surface area contributed by atoms with Gasteiger partial charge in [-0.05, 0) is 37.0 Å². The zero-order valence-electron chi connectivity index (χ0n) is 9.74. The summed E-state index contributed by atoms with van der Waals surface area (Å²) in [6.07, 6.45) is -3.46. The van der Waals surface area contributed by atoms with Gasteiger partial charge in [-0.25, -0.2) is 8.42 Å². The lowest BCUT2D eigenvalue weighted by Gasteiger charge is -2.32. The van der Waals surface area contributed by atoms with Gasteiger partial charge in [0.25, 0.3) is 0 Å². The van der Waals surface area contributed by atoms with Gasteiger partial charge in [0.2, 0.25) is 0 Å². The topological polar surface area (TPSA) is 34.1 Å². The molecule has 0 radical (unpaired) electrons. The molecule has 0 aromatic heterocycles. The van der Waals surface area contributed by atoms with Crippen LogP contribution in [0, 0.1) is 5.92 Å². The Kier molecular flexibility index (Phi) is 3.17. The first kappa shape index (κ1) is 13.4. The van der Waals surface area contributed by atoms with Crippen molar-refractivity contribution < 1.29 is 21.6 Å². The Hall–Kier alpha value is -1.04. The van der Waals surface area contributed by atoms with Crippen molar-refractivity contribution in [3.63, 3.8) is 0 Å². The number of halogens is 3. The minimum absolute atomic E-state index is 0.228. The highest BCUT2D eigenvalue weighted by Gasteiger charge is 2.38. The molecule has 1 aromatic rings. The summed E-state index contributed by atoms with van der Waals surface area (Å²) in [5.41, 5.74) is -0.920. The number of sulfone groups is 1. The van der Waals surface area contributed by atoms with Crippen LogP contribution < -0.4 is 0 Å². The van der Waals surface area contributed by atoms with E-state index >= 15 is 0 Å². The molecule has 0 amide bonds. The lowest BCUT2D eigenvalue weighted by Crippen LogP contribution is -2.34. The highest BCUT2D eigenvalue weighted by Crippen LogP contribution is 2.37. The van der Waals surface area contributed by atoms with Crippen LogP contribution in [0.25, 0.3) is 0 Å². The number of benzene rings is 1. The van der Waals surface area contributed by atoms with Crippen molar-refractivity contribution in [2.45, 2.75) is 36.1 Å². The average Bonchev–Trinajstić information content (AvgIpc) is 2.24. The summed E-state index contributed by atoms with van der Waals surface area (Å²) in [6, 6.07) is 3.96. The molecule has 0 heterocycles. The van der Waals surface area contributed by atoms with Crippen molar-refractivity contribution in [2.24, 2.45) is 5.92 Å². The van der Waals surface area contributed by atoms with Gasteiger partial charge in [-0.2, -0.15) is 13.2 Å². The third-order valence-corrected chi connectivity index (χ3v) is 5.43. The second-order valence-corrected chi connectivity index (χ2v) is 7.00. The van der Waals surface area contributed by atoms with E-state index in [2.05, 4.69) is 0 Å². The molecule has 0 bridgehead atoms. The molecule has 1 aliphatic rings. The Bertz CT molecular complexity index is 543. The summed E-state index contributed by atoms with van der Waals surface area (Å²) in [4.78, 5) is -0.228. The third-order valence-electron chi connectivity index (χ3n) is 3.26. The van der Waals surface area contributed by atoms with Gasteiger partial charge >= 0.3 is 6.18 Å². The maximum absolute atomic E-state index is 12.5.